The maximum Gasteiger partial charge on any atom is 0.335 e. The molecule has 0 atom stereocenters. The molecule has 2 nitrogen and oxygen atoms in total. The average Bonchev–Trinajstić information content (AvgIpc) is 2.46. The molecule has 19 heavy (non-hydrogen) atoms. The number of benzene rings is 2. The Hall–Kier alpha value is -2.00. The van der Waals surface area contributed by atoms with Crippen molar-refractivity contribution in [3.63, 3.8) is 0 Å². The highest BCUT2D eigenvalue weighted by molar-refractivity contribution is 7.98. The van der Waals surface area contributed by atoms with Crippen molar-refractivity contribution in [2.75, 3.05) is 6.26 Å². The topological polar surface area (TPSA) is 37.3 Å². The molecule has 0 aliphatic carbocycles. The zero-order chi connectivity index (χ0) is 13.8. The van der Waals surface area contributed by atoms with Crippen LogP contribution in [0.15, 0.2) is 60.0 Å². The van der Waals surface area contributed by atoms with Crippen molar-refractivity contribution in [2.45, 2.75) is 4.90 Å². The summed E-state index contributed by atoms with van der Waals surface area (Å²) in [7, 11) is 0. The van der Waals surface area contributed by atoms with Gasteiger partial charge in [0.2, 0.25) is 0 Å². The van der Waals surface area contributed by atoms with Gasteiger partial charge in [-0.05, 0) is 47.2 Å². The number of aromatic carboxylic acids is 1. The van der Waals surface area contributed by atoms with Crippen LogP contribution in [0.25, 0.3) is 5.57 Å². The lowest BCUT2D eigenvalue weighted by atomic mass is 9.99. The van der Waals surface area contributed by atoms with Gasteiger partial charge in [0.05, 0.1) is 5.56 Å². The number of thioether (sulfide) groups is 1. The Morgan fingerprint density at radius 3 is 1.79 bits per heavy atom. The van der Waals surface area contributed by atoms with Gasteiger partial charge >= 0.3 is 5.97 Å². The van der Waals surface area contributed by atoms with E-state index < -0.39 is 5.97 Å². The number of hydrogen-bond donors (Lipinski definition) is 1. The number of hydrogen-bond acceptors (Lipinski definition) is 2. The lowest BCUT2D eigenvalue weighted by Gasteiger charge is -2.07. The van der Waals surface area contributed by atoms with Crippen molar-refractivity contribution >= 4 is 23.3 Å². The van der Waals surface area contributed by atoms with Crippen LogP contribution >= 0.6 is 11.8 Å². The molecule has 0 heterocycles. The van der Waals surface area contributed by atoms with Crippen LogP contribution in [-0.2, 0) is 0 Å². The minimum absolute atomic E-state index is 0.286. The first kappa shape index (κ1) is 13.4. The highest BCUT2D eigenvalue weighted by atomic mass is 32.2. The van der Waals surface area contributed by atoms with Crippen LogP contribution in [0.3, 0.4) is 0 Å². The van der Waals surface area contributed by atoms with Crippen molar-refractivity contribution in [3.8, 4) is 0 Å². The molecule has 0 fully saturated rings. The molecule has 2 aromatic rings. The minimum atomic E-state index is -0.915. The van der Waals surface area contributed by atoms with E-state index in [-0.39, 0.29) is 5.56 Å². The predicted octanol–water partition coefficient (Wildman–Crippen LogP) is 4.17. The molecule has 0 amide bonds. The third-order valence-electron chi connectivity index (χ3n) is 2.92. The van der Waals surface area contributed by atoms with Crippen LogP contribution in [0.4, 0.5) is 0 Å². The monoisotopic (exact) mass is 270 g/mol. The first-order chi connectivity index (χ1) is 9.11. The van der Waals surface area contributed by atoms with Crippen LogP contribution in [0, 0.1) is 0 Å². The van der Waals surface area contributed by atoms with Gasteiger partial charge in [0.1, 0.15) is 0 Å². The van der Waals surface area contributed by atoms with Gasteiger partial charge in [0.25, 0.3) is 0 Å². The lowest BCUT2D eigenvalue weighted by Crippen LogP contribution is -1.96. The van der Waals surface area contributed by atoms with Crippen LogP contribution < -0.4 is 0 Å². The van der Waals surface area contributed by atoms with Crippen molar-refractivity contribution < 1.29 is 9.90 Å². The highest BCUT2D eigenvalue weighted by Crippen LogP contribution is 2.24. The van der Waals surface area contributed by atoms with Gasteiger partial charge in [-0.2, -0.15) is 0 Å². The largest absolute Gasteiger partial charge is 0.478 e. The second-order valence-electron chi connectivity index (χ2n) is 4.09. The molecule has 0 aliphatic rings. The number of carboxylic acid groups (broad SMARTS) is 1. The maximum absolute atomic E-state index is 10.8. The van der Waals surface area contributed by atoms with Crippen LogP contribution in [-0.4, -0.2) is 17.3 Å². The number of rotatable bonds is 4. The first-order valence-corrected chi connectivity index (χ1v) is 7.01. The van der Waals surface area contributed by atoms with Gasteiger partial charge in [-0.1, -0.05) is 30.8 Å². The van der Waals surface area contributed by atoms with Gasteiger partial charge in [-0.15, -0.1) is 11.8 Å². The number of carboxylic acids is 1. The summed E-state index contributed by atoms with van der Waals surface area (Å²) in [5.41, 5.74) is 3.15. The van der Waals surface area contributed by atoms with E-state index >= 15 is 0 Å². The second-order valence-corrected chi connectivity index (χ2v) is 4.97. The van der Waals surface area contributed by atoms with Gasteiger partial charge < -0.3 is 5.11 Å². The third kappa shape index (κ3) is 3.06. The average molecular weight is 270 g/mol. The minimum Gasteiger partial charge on any atom is -0.478 e. The Kier molecular flexibility index (Phi) is 4.07. The predicted molar refractivity (Wildman–Crippen MR) is 79.8 cm³/mol. The lowest BCUT2D eigenvalue weighted by molar-refractivity contribution is 0.0697. The summed E-state index contributed by atoms with van der Waals surface area (Å²) in [5, 5.41) is 8.86. The van der Waals surface area contributed by atoms with Crippen LogP contribution in [0.1, 0.15) is 21.5 Å². The maximum atomic E-state index is 10.8. The molecule has 96 valence electrons. The summed E-state index contributed by atoms with van der Waals surface area (Å²) < 4.78 is 0. The Morgan fingerprint density at radius 2 is 1.37 bits per heavy atom. The normalized spacial score (nSPS) is 10.2. The fraction of sp³-hybridized carbons (Fsp3) is 0.0625. The van der Waals surface area contributed by atoms with Gasteiger partial charge in [-0.25, -0.2) is 4.79 Å². The number of carbonyl (C=O) groups is 1. The first-order valence-electron chi connectivity index (χ1n) is 5.79. The zero-order valence-electron chi connectivity index (χ0n) is 10.6. The molecule has 0 aliphatic heterocycles. The highest BCUT2D eigenvalue weighted by Gasteiger charge is 2.05. The summed E-state index contributed by atoms with van der Waals surface area (Å²) in [6.07, 6.45) is 2.04. The van der Waals surface area contributed by atoms with E-state index in [9.17, 15) is 4.79 Å². The van der Waals surface area contributed by atoms with Crippen LogP contribution in [0.2, 0.25) is 0 Å². The molecular weight excluding hydrogens is 256 g/mol. The standard InChI is InChI=1S/C16H14O2S/c1-11(13-7-9-15(19-2)10-8-13)12-3-5-14(6-4-12)16(17)18/h3-10H,1H2,2H3,(H,17,18). The molecule has 2 aromatic carbocycles. The molecule has 0 saturated heterocycles. The second kappa shape index (κ2) is 5.76. The third-order valence-corrected chi connectivity index (χ3v) is 3.66. The Bertz CT molecular complexity index is 598. The molecule has 0 aromatic heterocycles. The molecule has 3 heteroatoms. The summed E-state index contributed by atoms with van der Waals surface area (Å²) in [6, 6.07) is 14.9. The van der Waals surface area contributed by atoms with Crippen molar-refractivity contribution in [3.05, 3.63) is 71.8 Å². The van der Waals surface area contributed by atoms with E-state index in [0.29, 0.717) is 0 Å². The van der Waals surface area contributed by atoms with E-state index in [1.807, 2.05) is 18.4 Å². The molecule has 0 unspecified atom stereocenters. The van der Waals surface area contributed by atoms with Crippen molar-refractivity contribution in [2.24, 2.45) is 0 Å². The summed E-state index contributed by atoms with van der Waals surface area (Å²) in [4.78, 5) is 12.0. The van der Waals surface area contributed by atoms with Crippen molar-refractivity contribution in [1.29, 1.82) is 0 Å². The van der Waals surface area contributed by atoms with Crippen molar-refractivity contribution in [1.82, 2.24) is 0 Å². The molecule has 0 saturated carbocycles. The molecule has 0 radical (unpaired) electrons. The van der Waals surface area contributed by atoms with E-state index in [4.69, 9.17) is 5.11 Å². The summed E-state index contributed by atoms with van der Waals surface area (Å²) >= 11 is 1.70. The van der Waals surface area contributed by atoms with E-state index in [1.165, 1.54) is 4.90 Å². The fourth-order valence-electron chi connectivity index (χ4n) is 1.77. The Balaban J connectivity index is 2.25. The SMILES string of the molecule is C=C(c1ccc(SC)cc1)c1ccc(C(=O)O)cc1. The van der Waals surface area contributed by atoms with Gasteiger partial charge in [0, 0.05) is 4.90 Å². The van der Waals surface area contributed by atoms with Crippen LogP contribution in [0.5, 0.6) is 0 Å². The summed E-state index contributed by atoms with van der Waals surface area (Å²) in [6.45, 7) is 4.07. The van der Waals surface area contributed by atoms with Gasteiger partial charge in [-0.3, -0.25) is 0 Å². The zero-order valence-corrected chi connectivity index (χ0v) is 11.4. The molecule has 0 bridgehead atoms. The van der Waals surface area contributed by atoms with E-state index in [2.05, 4.69) is 18.7 Å². The molecule has 0 spiro atoms. The molecular formula is C16H14O2S. The van der Waals surface area contributed by atoms with E-state index in [0.717, 1.165) is 16.7 Å². The Morgan fingerprint density at radius 1 is 0.947 bits per heavy atom. The quantitative estimate of drug-likeness (QED) is 0.847. The Labute approximate surface area is 116 Å². The molecule has 2 rings (SSSR count). The van der Waals surface area contributed by atoms with Gasteiger partial charge in [0.15, 0.2) is 0 Å². The smallest absolute Gasteiger partial charge is 0.335 e. The fourth-order valence-corrected chi connectivity index (χ4v) is 2.18. The van der Waals surface area contributed by atoms with E-state index in [1.54, 1.807) is 36.0 Å². The molecule has 1 N–H and O–H groups in total. The summed E-state index contributed by atoms with van der Waals surface area (Å²) in [5.74, 6) is -0.915.